The molecule has 150 valence electrons. The van der Waals surface area contributed by atoms with Crippen LogP contribution in [0.4, 0.5) is 0 Å². The number of thioether (sulfide) groups is 1. The van der Waals surface area contributed by atoms with Crippen molar-refractivity contribution in [2.24, 2.45) is 0 Å². The first-order valence-electron chi connectivity index (χ1n) is 9.36. The molecule has 0 unspecified atom stereocenters. The molecular formula is C24H18ClNO2S2. The predicted molar refractivity (Wildman–Crippen MR) is 127 cm³/mol. The van der Waals surface area contributed by atoms with Gasteiger partial charge in [0, 0.05) is 16.1 Å². The van der Waals surface area contributed by atoms with Crippen LogP contribution in [-0.2, 0) is 17.9 Å². The van der Waals surface area contributed by atoms with E-state index in [1.165, 1.54) is 11.8 Å². The number of para-hydroxylation sites is 1. The maximum atomic E-state index is 13.0. The maximum absolute atomic E-state index is 13.0. The molecule has 1 saturated heterocycles. The summed E-state index contributed by atoms with van der Waals surface area (Å²) in [6, 6.07) is 25.0. The third kappa shape index (κ3) is 4.75. The molecule has 0 atom stereocenters. The molecule has 0 aromatic heterocycles. The van der Waals surface area contributed by atoms with Gasteiger partial charge >= 0.3 is 0 Å². The van der Waals surface area contributed by atoms with Gasteiger partial charge in [-0.3, -0.25) is 9.69 Å². The number of carbonyl (C=O) groups excluding carboxylic acids is 1. The number of benzene rings is 3. The number of rotatable bonds is 6. The van der Waals surface area contributed by atoms with Gasteiger partial charge in [-0.25, -0.2) is 0 Å². The molecule has 3 nitrogen and oxygen atoms in total. The minimum absolute atomic E-state index is 0.0882. The van der Waals surface area contributed by atoms with Gasteiger partial charge in [-0.05, 0) is 23.8 Å². The van der Waals surface area contributed by atoms with Gasteiger partial charge < -0.3 is 4.74 Å². The molecule has 0 saturated carbocycles. The fraction of sp³-hybridized carbons (Fsp3) is 0.0833. The van der Waals surface area contributed by atoms with Crippen LogP contribution < -0.4 is 4.74 Å². The lowest BCUT2D eigenvalue weighted by Crippen LogP contribution is -2.27. The highest BCUT2D eigenvalue weighted by Crippen LogP contribution is 2.35. The van der Waals surface area contributed by atoms with E-state index in [1.54, 1.807) is 4.90 Å². The minimum atomic E-state index is -0.0882. The highest BCUT2D eigenvalue weighted by Gasteiger charge is 2.32. The summed E-state index contributed by atoms with van der Waals surface area (Å²) >= 11 is 13.0. The van der Waals surface area contributed by atoms with E-state index in [4.69, 9.17) is 28.6 Å². The first-order valence-corrected chi connectivity index (χ1v) is 11.0. The van der Waals surface area contributed by atoms with E-state index in [1.807, 2.05) is 84.9 Å². The number of hydrogen-bond acceptors (Lipinski definition) is 4. The van der Waals surface area contributed by atoms with Gasteiger partial charge in [-0.2, -0.15) is 0 Å². The lowest BCUT2D eigenvalue weighted by molar-refractivity contribution is -0.122. The number of thiocarbonyl (C=S) groups is 1. The quantitative estimate of drug-likeness (QED) is 0.324. The molecule has 1 fully saturated rings. The second-order valence-electron chi connectivity index (χ2n) is 6.67. The molecule has 0 spiro atoms. The summed E-state index contributed by atoms with van der Waals surface area (Å²) in [5.74, 6) is 0.598. The zero-order chi connectivity index (χ0) is 20.9. The van der Waals surface area contributed by atoms with E-state index < -0.39 is 0 Å². The van der Waals surface area contributed by atoms with Crippen molar-refractivity contribution in [1.82, 2.24) is 4.90 Å². The van der Waals surface area contributed by atoms with Crippen LogP contribution in [0.2, 0.25) is 5.02 Å². The molecule has 0 bridgehead atoms. The monoisotopic (exact) mass is 451 g/mol. The van der Waals surface area contributed by atoms with Gasteiger partial charge in [0.25, 0.3) is 5.91 Å². The van der Waals surface area contributed by atoms with Crippen molar-refractivity contribution in [2.45, 2.75) is 13.2 Å². The van der Waals surface area contributed by atoms with Crippen molar-refractivity contribution >= 4 is 51.9 Å². The Morgan fingerprint density at radius 2 is 1.67 bits per heavy atom. The summed E-state index contributed by atoms with van der Waals surface area (Å²) in [5, 5.41) is 0.664. The van der Waals surface area contributed by atoms with Crippen molar-refractivity contribution in [2.75, 3.05) is 0 Å². The van der Waals surface area contributed by atoms with Crippen molar-refractivity contribution < 1.29 is 9.53 Å². The van der Waals surface area contributed by atoms with Gasteiger partial charge in [0.05, 0.1) is 11.4 Å². The number of nitrogens with zero attached hydrogens (tertiary/aromatic N) is 1. The topological polar surface area (TPSA) is 29.5 Å². The molecule has 4 rings (SSSR count). The standard InChI is InChI=1S/C24H18ClNO2S2/c25-20-12-6-4-11-19(20)16-28-21-13-7-5-10-18(21)14-22-23(27)26(24(29)30-22)15-17-8-2-1-3-9-17/h1-14H,15-16H2/b22-14-. The van der Waals surface area contributed by atoms with Gasteiger partial charge in [0.15, 0.2) is 0 Å². The van der Waals surface area contributed by atoms with Crippen LogP contribution in [0, 0.1) is 0 Å². The summed E-state index contributed by atoms with van der Waals surface area (Å²) in [5.41, 5.74) is 2.77. The fourth-order valence-corrected chi connectivity index (χ4v) is 4.48. The molecule has 1 aliphatic rings. The van der Waals surface area contributed by atoms with Crippen molar-refractivity contribution in [3.05, 3.63) is 105 Å². The average molecular weight is 452 g/mol. The molecule has 3 aromatic rings. The molecule has 3 aromatic carbocycles. The van der Waals surface area contributed by atoms with E-state index in [0.717, 1.165) is 16.7 Å². The Morgan fingerprint density at radius 1 is 0.967 bits per heavy atom. The summed E-state index contributed by atoms with van der Waals surface area (Å²) in [4.78, 5) is 15.2. The summed E-state index contributed by atoms with van der Waals surface area (Å²) < 4.78 is 6.56. The second-order valence-corrected chi connectivity index (χ2v) is 8.75. The molecule has 0 N–H and O–H groups in total. The number of carbonyl (C=O) groups is 1. The third-order valence-corrected chi connectivity index (χ3v) is 6.35. The van der Waals surface area contributed by atoms with Crippen LogP contribution in [0.25, 0.3) is 6.08 Å². The van der Waals surface area contributed by atoms with E-state index in [-0.39, 0.29) is 5.91 Å². The Morgan fingerprint density at radius 3 is 2.47 bits per heavy atom. The first kappa shape index (κ1) is 20.7. The lowest BCUT2D eigenvalue weighted by Gasteiger charge is -2.14. The number of ether oxygens (including phenoxy) is 1. The number of amides is 1. The SMILES string of the molecule is O=C1/C(=C/c2ccccc2OCc2ccccc2Cl)SC(=S)N1Cc1ccccc1. The summed E-state index contributed by atoms with van der Waals surface area (Å²) in [7, 11) is 0. The van der Waals surface area contributed by atoms with Gasteiger partial charge in [-0.1, -0.05) is 102 Å². The maximum Gasteiger partial charge on any atom is 0.266 e. The Hall–Kier alpha value is -2.60. The van der Waals surface area contributed by atoms with E-state index in [9.17, 15) is 4.79 Å². The third-order valence-electron chi connectivity index (χ3n) is 4.60. The largest absolute Gasteiger partial charge is 0.488 e. The van der Waals surface area contributed by atoms with Crippen LogP contribution in [0.15, 0.2) is 83.8 Å². The normalized spacial score (nSPS) is 15.1. The van der Waals surface area contributed by atoms with Crippen LogP contribution in [0.3, 0.4) is 0 Å². The van der Waals surface area contributed by atoms with Crippen molar-refractivity contribution in [3.8, 4) is 5.75 Å². The zero-order valence-electron chi connectivity index (χ0n) is 16.0. The minimum Gasteiger partial charge on any atom is -0.488 e. The zero-order valence-corrected chi connectivity index (χ0v) is 18.3. The van der Waals surface area contributed by atoms with Crippen molar-refractivity contribution in [1.29, 1.82) is 0 Å². The molecule has 6 heteroatoms. The van der Waals surface area contributed by atoms with E-state index in [0.29, 0.717) is 33.1 Å². The predicted octanol–water partition coefficient (Wildman–Crippen LogP) is 6.32. The average Bonchev–Trinajstić information content (AvgIpc) is 3.02. The Bertz CT molecular complexity index is 1110. The van der Waals surface area contributed by atoms with Gasteiger partial charge in [0.1, 0.15) is 16.7 Å². The van der Waals surface area contributed by atoms with Crippen LogP contribution >= 0.6 is 35.6 Å². The Labute approximate surface area is 190 Å². The van der Waals surface area contributed by atoms with E-state index >= 15 is 0 Å². The van der Waals surface area contributed by atoms with Crippen LogP contribution in [-0.4, -0.2) is 15.1 Å². The summed E-state index contributed by atoms with van der Waals surface area (Å²) in [6.07, 6.45) is 1.84. The molecule has 1 heterocycles. The number of halogens is 1. The lowest BCUT2D eigenvalue weighted by atomic mass is 10.1. The molecule has 0 radical (unpaired) electrons. The van der Waals surface area contributed by atoms with Crippen LogP contribution in [0.5, 0.6) is 5.75 Å². The smallest absolute Gasteiger partial charge is 0.266 e. The second kappa shape index (κ2) is 9.47. The Kier molecular flexibility index (Phi) is 6.53. The molecule has 0 aliphatic carbocycles. The fourth-order valence-electron chi connectivity index (χ4n) is 3.05. The molecular weight excluding hydrogens is 434 g/mol. The van der Waals surface area contributed by atoms with Gasteiger partial charge in [-0.15, -0.1) is 0 Å². The molecule has 1 amide bonds. The first-order chi connectivity index (χ1) is 14.6. The van der Waals surface area contributed by atoms with Crippen LogP contribution in [0.1, 0.15) is 16.7 Å². The summed E-state index contributed by atoms with van der Waals surface area (Å²) in [6.45, 7) is 0.812. The Balaban J connectivity index is 1.53. The molecule has 30 heavy (non-hydrogen) atoms. The van der Waals surface area contributed by atoms with E-state index in [2.05, 4.69) is 0 Å². The highest BCUT2D eigenvalue weighted by molar-refractivity contribution is 8.26. The number of hydrogen-bond donors (Lipinski definition) is 0. The van der Waals surface area contributed by atoms with Gasteiger partial charge in [0.2, 0.25) is 0 Å². The molecule has 1 aliphatic heterocycles. The highest BCUT2D eigenvalue weighted by atomic mass is 35.5. The van der Waals surface area contributed by atoms with Crippen molar-refractivity contribution in [3.63, 3.8) is 0 Å².